The van der Waals surface area contributed by atoms with Gasteiger partial charge in [-0.1, -0.05) is 19.1 Å². The Morgan fingerprint density at radius 2 is 2.11 bits per heavy atom. The minimum Gasteiger partial charge on any atom is -0.331 e. The summed E-state index contributed by atoms with van der Waals surface area (Å²) in [5.41, 5.74) is 2.32. The Morgan fingerprint density at radius 3 is 2.78 bits per heavy atom. The third kappa shape index (κ3) is 1.93. The summed E-state index contributed by atoms with van der Waals surface area (Å²) in [6.45, 7) is 2.28. The number of hydrogen-bond acceptors (Lipinski definition) is 1. The summed E-state index contributed by atoms with van der Waals surface area (Å²) in [6, 6.07) is 8.34. The molecule has 3 unspecified atom stereocenters. The van der Waals surface area contributed by atoms with Crippen molar-refractivity contribution >= 4 is 22.6 Å². The molecular weight excluding hydrogens is 244 g/mol. The Morgan fingerprint density at radius 1 is 1.33 bits per heavy atom. The summed E-state index contributed by atoms with van der Waals surface area (Å²) in [5, 5.41) is 0.352. The number of halogens is 1. The van der Waals surface area contributed by atoms with Crippen LogP contribution in [0.5, 0.6) is 0 Å². The molecule has 1 aliphatic carbocycles. The van der Waals surface area contributed by atoms with Crippen molar-refractivity contribution in [2.24, 2.45) is 18.9 Å². The number of rotatable bonds is 2. The molecular formula is C15H19ClN2. The van der Waals surface area contributed by atoms with E-state index in [0.717, 1.165) is 18.4 Å². The molecule has 0 spiro atoms. The van der Waals surface area contributed by atoms with Gasteiger partial charge in [-0.25, -0.2) is 4.98 Å². The summed E-state index contributed by atoms with van der Waals surface area (Å²) in [6.07, 6.45) is 3.44. The van der Waals surface area contributed by atoms with Crippen LogP contribution in [0.15, 0.2) is 24.3 Å². The first-order chi connectivity index (χ1) is 8.66. The molecule has 0 N–H and O–H groups in total. The molecule has 1 heterocycles. The highest BCUT2D eigenvalue weighted by Gasteiger charge is 2.32. The van der Waals surface area contributed by atoms with Gasteiger partial charge in [0.25, 0.3) is 0 Å². The molecule has 0 radical (unpaired) electrons. The van der Waals surface area contributed by atoms with Crippen LogP contribution in [-0.2, 0) is 13.5 Å². The van der Waals surface area contributed by atoms with Gasteiger partial charge in [-0.2, -0.15) is 0 Å². The number of fused-ring (bicyclic) bond motifs is 1. The molecule has 3 rings (SSSR count). The van der Waals surface area contributed by atoms with Crippen LogP contribution in [0.2, 0.25) is 0 Å². The summed E-state index contributed by atoms with van der Waals surface area (Å²) >= 11 is 6.31. The van der Waals surface area contributed by atoms with Gasteiger partial charge < -0.3 is 4.57 Å². The van der Waals surface area contributed by atoms with Crippen molar-refractivity contribution in [1.82, 2.24) is 9.55 Å². The fourth-order valence-electron chi connectivity index (χ4n) is 3.09. The van der Waals surface area contributed by atoms with Crippen molar-refractivity contribution in [2.45, 2.75) is 31.6 Å². The molecule has 1 saturated carbocycles. The molecule has 0 aliphatic heterocycles. The maximum atomic E-state index is 6.31. The summed E-state index contributed by atoms with van der Waals surface area (Å²) in [5.74, 6) is 2.48. The second-order valence-corrected chi connectivity index (χ2v) is 6.05. The predicted octanol–water partition coefficient (Wildman–Crippen LogP) is 3.77. The maximum absolute atomic E-state index is 6.31. The van der Waals surface area contributed by atoms with Crippen LogP contribution in [0.1, 0.15) is 25.6 Å². The number of hydrogen-bond donors (Lipinski definition) is 0. The molecule has 1 aliphatic rings. The number of alkyl halides is 1. The lowest BCUT2D eigenvalue weighted by Gasteiger charge is -2.16. The number of benzene rings is 1. The Labute approximate surface area is 113 Å². The lowest BCUT2D eigenvalue weighted by Crippen LogP contribution is -2.15. The van der Waals surface area contributed by atoms with Gasteiger partial charge in [0.05, 0.1) is 11.0 Å². The van der Waals surface area contributed by atoms with Gasteiger partial charge in [0.15, 0.2) is 0 Å². The highest BCUT2D eigenvalue weighted by molar-refractivity contribution is 6.20. The van der Waals surface area contributed by atoms with Crippen molar-refractivity contribution in [3.63, 3.8) is 0 Å². The molecule has 0 bridgehead atoms. The maximum Gasteiger partial charge on any atom is 0.109 e. The average molecular weight is 263 g/mol. The normalized spacial score (nSPS) is 28.1. The molecule has 96 valence electrons. The second-order valence-electron chi connectivity index (χ2n) is 5.49. The third-order valence-corrected chi connectivity index (χ3v) is 5.07. The zero-order valence-electron chi connectivity index (χ0n) is 10.9. The largest absolute Gasteiger partial charge is 0.331 e. The van der Waals surface area contributed by atoms with E-state index in [1.165, 1.54) is 17.8 Å². The molecule has 18 heavy (non-hydrogen) atoms. The highest BCUT2D eigenvalue weighted by Crippen LogP contribution is 2.37. The van der Waals surface area contributed by atoms with E-state index in [-0.39, 0.29) is 0 Å². The fourth-order valence-corrected chi connectivity index (χ4v) is 3.43. The van der Waals surface area contributed by atoms with Crippen LogP contribution >= 0.6 is 11.6 Å². The van der Waals surface area contributed by atoms with Crippen molar-refractivity contribution in [3.05, 3.63) is 30.1 Å². The van der Waals surface area contributed by atoms with Gasteiger partial charge in [-0.05, 0) is 36.8 Å². The fraction of sp³-hybridized carbons (Fsp3) is 0.533. The van der Waals surface area contributed by atoms with Gasteiger partial charge in [0.1, 0.15) is 5.82 Å². The Bertz CT molecular complexity index is 561. The van der Waals surface area contributed by atoms with E-state index >= 15 is 0 Å². The molecule has 2 aromatic rings. The SMILES string of the molecule is CC1C(Cl)CCC1Cc1nc2ccccc2n1C. The van der Waals surface area contributed by atoms with E-state index < -0.39 is 0 Å². The van der Waals surface area contributed by atoms with Crippen molar-refractivity contribution in [2.75, 3.05) is 0 Å². The minimum atomic E-state index is 0.352. The quantitative estimate of drug-likeness (QED) is 0.754. The second kappa shape index (κ2) is 4.58. The predicted molar refractivity (Wildman–Crippen MR) is 75.9 cm³/mol. The minimum absolute atomic E-state index is 0.352. The van der Waals surface area contributed by atoms with Crippen molar-refractivity contribution in [3.8, 4) is 0 Å². The Kier molecular flexibility index (Phi) is 3.06. The van der Waals surface area contributed by atoms with Gasteiger partial charge >= 0.3 is 0 Å². The first-order valence-electron chi connectivity index (χ1n) is 6.71. The number of imidazole rings is 1. The summed E-state index contributed by atoms with van der Waals surface area (Å²) in [7, 11) is 2.11. The number of para-hydroxylation sites is 2. The third-order valence-electron chi connectivity index (χ3n) is 4.45. The van der Waals surface area contributed by atoms with Crippen LogP contribution in [-0.4, -0.2) is 14.9 Å². The van der Waals surface area contributed by atoms with Crippen LogP contribution in [0.4, 0.5) is 0 Å². The molecule has 1 aromatic carbocycles. The molecule has 3 atom stereocenters. The standard InChI is InChI=1S/C15H19ClN2/c1-10-11(7-8-12(10)16)9-15-17-13-5-3-4-6-14(13)18(15)2/h3-6,10-12H,7-9H2,1-2H3. The molecule has 1 aromatic heterocycles. The van der Waals surface area contributed by atoms with Crippen LogP contribution < -0.4 is 0 Å². The summed E-state index contributed by atoms with van der Waals surface area (Å²) < 4.78 is 2.23. The first kappa shape index (κ1) is 12.0. The van der Waals surface area contributed by atoms with E-state index in [2.05, 4.69) is 36.7 Å². The lowest BCUT2D eigenvalue weighted by atomic mass is 9.94. The molecule has 1 fully saturated rings. The Hall–Kier alpha value is -1.02. The van der Waals surface area contributed by atoms with E-state index in [4.69, 9.17) is 16.6 Å². The van der Waals surface area contributed by atoms with E-state index in [0.29, 0.717) is 17.2 Å². The first-order valence-corrected chi connectivity index (χ1v) is 7.15. The van der Waals surface area contributed by atoms with Crippen molar-refractivity contribution < 1.29 is 0 Å². The number of nitrogens with zero attached hydrogens (tertiary/aromatic N) is 2. The highest BCUT2D eigenvalue weighted by atomic mass is 35.5. The van der Waals surface area contributed by atoms with Crippen LogP contribution in [0.25, 0.3) is 11.0 Å². The topological polar surface area (TPSA) is 17.8 Å². The van der Waals surface area contributed by atoms with Gasteiger partial charge in [0.2, 0.25) is 0 Å². The average Bonchev–Trinajstić information content (AvgIpc) is 2.86. The molecule has 3 heteroatoms. The Balaban J connectivity index is 1.89. The number of aryl methyl sites for hydroxylation is 1. The summed E-state index contributed by atoms with van der Waals surface area (Å²) in [4.78, 5) is 4.76. The van der Waals surface area contributed by atoms with E-state index in [1.54, 1.807) is 0 Å². The van der Waals surface area contributed by atoms with E-state index in [9.17, 15) is 0 Å². The zero-order chi connectivity index (χ0) is 12.7. The van der Waals surface area contributed by atoms with Gasteiger partial charge in [-0.15, -0.1) is 11.6 Å². The lowest BCUT2D eigenvalue weighted by molar-refractivity contribution is 0.408. The molecule has 2 nitrogen and oxygen atoms in total. The monoisotopic (exact) mass is 262 g/mol. The van der Waals surface area contributed by atoms with Gasteiger partial charge in [-0.3, -0.25) is 0 Å². The smallest absolute Gasteiger partial charge is 0.109 e. The van der Waals surface area contributed by atoms with Crippen LogP contribution in [0, 0.1) is 11.8 Å². The van der Waals surface area contributed by atoms with Crippen LogP contribution in [0.3, 0.4) is 0 Å². The number of aromatic nitrogens is 2. The molecule has 0 saturated heterocycles. The molecule has 0 amide bonds. The van der Waals surface area contributed by atoms with Gasteiger partial charge in [0, 0.05) is 18.8 Å². The zero-order valence-corrected chi connectivity index (χ0v) is 11.7. The van der Waals surface area contributed by atoms with Crippen molar-refractivity contribution in [1.29, 1.82) is 0 Å². The van der Waals surface area contributed by atoms with E-state index in [1.807, 2.05) is 6.07 Å².